The van der Waals surface area contributed by atoms with Crippen LogP contribution in [-0.2, 0) is 6.54 Å². The standard InChI is InChI=1S/C11H19BrN2/c1-8-10(12)9(2)14(13-8)7-6-11(3,4)5/h6-7H2,1-5H3. The highest BCUT2D eigenvalue weighted by Gasteiger charge is 2.13. The van der Waals surface area contributed by atoms with E-state index in [9.17, 15) is 0 Å². The molecule has 80 valence electrons. The number of hydrogen-bond donors (Lipinski definition) is 0. The van der Waals surface area contributed by atoms with Gasteiger partial charge in [-0.15, -0.1) is 0 Å². The largest absolute Gasteiger partial charge is 0.268 e. The summed E-state index contributed by atoms with van der Waals surface area (Å²) >= 11 is 3.54. The Morgan fingerprint density at radius 3 is 2.21 bits per heavy atom. The van der Waals surface area contributed by atoms with E-state index in [0.29, 0.717) is 5.41 Å². The first-order valence-corrected chi connectivity index (χ1v) is 5.80. The average Bonchev–Trinajstić information content (AvgIpc) is 2.28. The molecule has 0 bridgehead atoms. The Kier molecular flexibility index (Phi) is 3.40. The minimum Gasteiger partial charge on any atom is -0.268 e. The average molecular weight is 259 g/mol. The summed E-state index contributed by atoms with van der Waals surface area (Å²) in [6.45, 7) is 11.9. The van der Waals surface area contributed by atoms with Gasteiger partial charge in [0.15, 0.2) is 0 Å². The topological polar surface area (TPSA) is 17.8 Å². The summed E-state index contributed by atoms with van der Waals surface area (Å²) in [5.74, 6) is 0. The van der Waals surface area contributed by atoms with Crippen LogP contribution >= 0.6 is 15.9 Å². The van der Waals surface area contributed by atoms with E-state index in [1.54, 1.807) is 0 Å². The summed E-state index contributed by atoms with van der Waals surface area (Å²) < 4.78 is 3.23. The van der Waals surface area contributed by atoms with Gasteiger partial charge in [0.1, 0.15) is 0 Å². The van der Waals surface area contributed by atoms with Gasteiger partial charge in [0.25, 0.3) is 0 Å². The highest BCUT2D eigenvalue weighted by atomic mass is 79.9. The molecule has 0 aliphatic rings. The van der Waals surface area contributed by atoms with E-state index in [1.165, 1.54) is 5.69 Å². The number of hydrogen-bond acceptors (Lipinski definition) is 1. The zero-order chi connectivity index (χ0) is 10.9. The summed E-state index contributed by atoms with van der Waals surface area (Å²) in [5, 5.41) is 4.48. The van der Waals surface area contributed by atoms with Crippen LogP contribution < -0.4 is 0 Å². The number of rotatable bonds is 2. The van der Waals surface area contributed by atoms with Crippen molar-refractivity contribution in [1.29, 1.82) is 0 Å². The molecule has 1 aromatic heterocycles. The fourth-order valence-corrected chi connectivity index (χ4v) is 1.62. The maximum Gasteiger partial charge on any atom is 0.0738 e. The minimum atomic E-state index is 0.374. The molecule has 0 aliphatic carbocycles. The second kappa shape index (κ2) is 4.05. The van der Waals surface area contributed by atoms with Crippen molar-refractivity contribution < 1.29 is 0 Å². The van der Waals surface area contributed by atoms with E-state index in [1.807, 2.05) is 6.92 Å². The van der Waals surface area contributed by atoms with E-state index < -0.39 is 0 Å². The van der Waals surface area contributed by atoms with Crippen molar-refractivity contribution in [2.75, 3.05) is 0 Å². The number of nitrogens with zero attached hydrogens (tertiary/aromatic N) is 2. The molecule has 0 amide bonds. The minimum absolute atomic E-state index is 0.374. The molecule has 3 heteroatoms. The third-order valence-corrected chi connectivity index (χ3v) is 3.51. The Labute approximate surface area is 94.8 Å². The molecule has 0 radical (unpaired) electrons. The van der Waals surface area contributed by atoms with Crippen LogP contribution in [0.4, 0.5) is 0 Å². The van der Waals surface area contributed by atoms with E-state index in [2.05, 4.69) is 53.4 Å². The Hall–Kier alpha value is -0.310. The predicted molar refractivity (Wildman–Crippen MR) is 63.5 cm³/mol. The molecule has 0 saturated carbocycles. The molecule has 1 aromatic rings. The molecule has 0 saturated heterocycles. The summed E-state index contributed by atoms with van der Waals surface area (Å²) in [6.07, 6.45) is 1.15. The summed E-state index contributed by atoms with van der Waals surface area (Å²) in [5.41, 5.74) is 2.68. The van der Waals surface area contributed by atoms with E-state index in [0.717, 1.165) is 23.1 Å². The lowest BCUT2D eigenvalue weighted by Gasteiger charge is -2.18. The van der Waals surface area contributed by atoms with E-state index in [4.69, 9.17) is 0 Å². The molecule has 0 fully saturated rings. The fraction of sp³-hybridized carbons (Fsp3) is 0.727. The Balaban J connectivity index is 2.73. The van der Waals surface area contributed by atoms with Gasteiger partial charge in [0.2, 0.25) is 0 Å². The SMILES string of the molecule is Cc1nn(CCC(C)(C)C)c(C)c1Br. The van der Waals surface area contributed by atoms with Crippen LogP contribution in [0.3, 0.4) is 0 Å². The second-order valence-electron chi connectivity index (χ2n) is 5.02. The molecule has 0 spiro atoms. The Bertz CT molecular complexity index is 321. The first-order chi connectivity index (χ1) is 6.31. The molecule has 0 unspecified atom stereocenters. The Morgan fingerprint density at radius 2 is 1.86 bits per heavy atom. The van der Waals surface area contributed by atoms with Gasteiger partial charge >= 0.3 is 0 Å². The molecule has 1 heterocycles. The van der Waals surface area contributed by atoms with Gasteiger partial charge in [-0.1, -0.05) is 20.8 Å². The summed E-state index contributed by atoms with van der Waals surface area (Å²) in [7, 11) is 0. The van der Waals surface area contributed by atoms with E-state index in [-0.39, 0.29) is 0 Å². The van der Waals surface area contributed by atoms with E-state index >= 15 is 0 Å². The maximum absolute atomic E-state index is 4.48. The number of aromatic nitrogens is 2. The lowest BCUT2D eigenvalue weighted by atomic mass is 9.92. The summed E-state index contributed by atoms with van der Waals surface area (Å²) in [6, 6.07) is 0. The number of halogens is 1. The molecule has 0 aliphatic heterocycles. The third-order valence-electron chi connectivity index (χ3n) is 2.37. The highest BCUT2D eigenvalue weighted by Crippen LogP contribution is 2.23. The normalized spacial score (nSPS) is 12.1. The van der Waals surface area contributed by atoms with Crippen LogP contribution in [0.5, 0.6) is 0 Å². The van der Waals surface area contributed by atoms with Crippen molar-refractivity contribution >= 4 is 15.9 Å². The third kappa shape index (κ3) is 2.84. The van der Waals surface area contributed by atoms with Crippen molar-refractivity contribution in [3.63, 3.8) is 0 Å². The van der Waals surface area contributed by atoms with Gasteiger partial charge in [-0.2, -0.15) is 5.10 Å². The lowest BCUT2D eigenvalue weighted by molar-refractivity contribution is 0.338. The zero-order valence-electron chi connectivity index (χ0n) is 9.69. The quantitative estimate of drug-likeness (QED) is 0.791. The lowest BCUT2D eigenvalue weighted by Crippen LogP contribution is -2.12. The molecule has 0 N–H and O–H groups in total. The highest BCUT2D eigenvalue weighted by molar-refractivity contribution is 9.10. The van der Waals surface area contributed by atoms with Gasteiger partial charge in [-0.3, -0.25) is 4.68 Å². The van der Waals surface area contributed by atoms with Gasteiger partial charge < -0.3 is 0 Å². The van der Waals surface area contributed by atoms with Gasteiger partial charge in [0.05, 0.1) is 10.2 Å². The van der Waals surface area contributed by atoms with Crippen LogP contribution in [0.15, 0.2) is 4.47 Å². The van der Waals surface area contributed by atoms with Crippen LogP contribution in [0.25, 0.3) is 0 Å². The first-order valence-electron chi connectivity index (χ1n) is 5.01. The van der Waals surface area contributed by atoms with Crippen molar-refractivity contribution in [2.45, 2.75) is 47.6 Å². The molecule has 1 rings (SSSR count). The van der Waals surface area contributed by atoms with Crippen LogP contribution in [0.2, 0.25) is 0 Å². The molecule has 0 aromatic carbocycles. The fourth-order valence-electron chi connectivity index (χ4n) is 1.33. The van der Waals surface area contributed by atoms with Gasteiger partial charge in [-0.05, 0) is 41.6 Å². The zero-order valence-corrected chi connectivity index (χ0v) is 11.3. The van der Waals surface area contributed by atoms with Gasteiger partial charge in [-0.25, -0.2) is 0 Å². The molecule has 0 atom stereocenters. The van der Waals surface area contributed by atoms with Gasteiger partial charge in [0, 0.05) is 12.2 Å². The monoisotopic (exact) mass is 258 g/mol. The van der Waals surface area contributed by atoms with Crippen LogP contribution in [0.1, 0.15) is 38.6 Å². The number of aryl methyl sites for hydroxylation is 2. The second-order valence-corrected chi connectivity index (χ2v) is 5.81. The van der Waals surface area contributed by atoms with Crippen LogP contribution in [0, 0.1) is 19.3 Å². The van der Waals surface area contributed by atoms with Crippen molar-refractivity contribution in [3.05, 3.63) is 15.9 Å². The van der Waals surface area contributed by atoms with Crippen molar-refractivity contribution in [2.24, 2.45) is 5.41 Å². The molecule has 2 nitrogen and oxygen atoms in total. The molecular formula is C11H19BrN2. The first kappa shape index (κ1) is 11.8. The Morgan fingerprint density at radius 1 is 1.29 bits per heavy atom. The maximum atomic E-state index is 4.48. The van der Waals surface area contributed by atoms with Crippen molar-refractivity contribution in [3.8, 4) is 0 Å². The van der Waals surface area contributed by atoms with Crippen molar-refractivity contribution in [1.82, 2.24) is 9.78 Å². The predicted octanol–water partition coefficient (Wildman–Crippen LogP) is 3.70. The molecular weight excluding hydrogens is 240 g/mol. The van der Waals surface area contributed by atoms with Crippen LogP contribution in [-0.4, -0.2) is 9.78 Å². The molecule has 14 heavy (non-hydrogen) atoms. The smallest absolute Gasteiger partial charge is 0.0738 e. The summed E-state index contributed by atoms with van der Waals surface area (Å²) in [4.78, 5) is 0.